The van der Waals surface area contributed by atoms with Crippen molar-refractivity contribution < 1.29 is 28.2 Å². The minimum atomic E-state index is -0.576. The van der Waals surface area contributed by atoms with Gasteiger partial charge in [-0.2, -0.15) is 0 Å². The number of hydrogen-bond acceptors (Lipinski definition) is 7. The Hall–Kier alpha value is -2.55. The summed E-state index contributed by atoms with van der Waals surface area (Å²) in [6.07, 6.45) is -0.399. The van der Waals surface area contributed by atoms with E-state index in [0.717, 1.165) is 0 Å². The van der Waals surface area contributed by atoms with E-state index in [-0.39, 0.29) is 5.56 Å². The summed E-state index contributed by atoms with van der Waals surface area (Å²) in [7, 11) is 1.29. The Labute approximate surface area is 176 Å². The Morgan fingerprint density at radius 1 is 1.20 bits per heavy atom. The zero-order valence-corrected chi connectivity index (χ0v) is 18.2. The number of anilines is 2. The summed E-state index contributed by atoms with van der Waals surface area (Å²) in [5.41, 5.74) is -0.169. The average Bonchev–Trinajstić information content (AvgIpc) is 2.65. The average molecular weight is 423 g/mol. The fraction of sp³-hybridized carbons (Fsp3) is 0.619. The summed E-state index contributed by atoms with van der Waals surface area (Å²) in [4.78, 5) is 28.0. The van der Waals surface area contributed by atoms with Gasteiger partial charge in [-0.15, -0.1) is 0 Å². The molecule has 166 valence electrons. The Kier molecular flexibility index (Phi) is 6.12. The molecule has 2 saturated heterocycles. The molecule has 2 aliphatic rings. The van der Waals surface area contributed by atoms with Crippen LogP contribution in [0.5, 0.6) is 0 Å². The van der Waals surface area contributed by atoms with Gasteiger partial charge in [0.1, 0.15) is 11.4 Å². The predicted octanol–water partition coefficient (Wildman–Crippen LogP) is 2.87. The molecule has 2 aliphatic heterocycles. The first-order valence-corrected chi connectivity index (χ1v) is 10.0. The van der Waals surface area contributed by atoms with Crippen molar-refractivity contribution in [3.05, 3.63) is 23.5 Å². The molecule has 9 heteroatoms. The van der Waals surface area contributed by atoms with Crippen LogP contribution in [0.15, 0.2) is 12.1 Å². The number of morpholine rings is 1. The van der Waals surface area contributed by atoms with Gasteiger partial charge < -0.3 is 29.3 Å². The molecule has 0 aromatic heterocycles. The van der Waals surface area contributed by atoms with Crippen LogP contribution in [0.1, 0.15) is 38.1 Å². The molecule has 1 aromatic carbocycles. The highest BCUT2D eigenvalue weighted by Gasteiger charge is 2.43. The molecular weight excluding hydrogens is 393 g/mol. The van der Waals surface area contributed by atoms with E-state index >= 15 is 0 Å². The fourth-order valence-corrected chi connectivity index (χ4v) is 3.65. The van der Waals surface area contributed by atoms with Crippen LogP contribution in [0.2, 0.25) is 0 Å². The highest BCUT2D eigenvalue weighted by atomic mass is 19.1. The third-order valence-corrected chi connectivity index (χ3v) is 5.01. The maximum Gasteiger partial charge on any atom is 0.410 e. The smallest absolute Gasteiger partial charge is 0.410 e. The van der Waals surface area contributed by atoms with Gasteiger partial charge in [0.2, 0.25) is 0 Å². The Bertz CT molecular complexity index is 812. The van der Waals surface area contributed by atoms with Crippen LogP contribution in [-0.2, 0) is 14.2 Å². The monoisotopic (exact) mass is 423 g/mol. The van der Waals surface area contributed by atoms with E-state index in [2.05, 4.69) is 5.32 Å². The molecule has 0 atom stereocenters. The minimum Gasteiger partial charge on any atom is -0.465 e. The molecule has 1 aromatic rings. The number of methoxy groups -OCH3 is 1. The summed E-state index contributed by atoms with van der Waals surface area (Å²) in [5.74, 6) is -0.988. The molecule has 30 heavy (non-hydrogen) atoms. The number of esters is 1. The fourth-order valence-electron chi connectivity index (χ4n) is 3.65. The summed E-state index contributed by atoms with van der Waals surface area (Å²) < 4.78 is 30.5. The van der Waals surface area contributed by atoms with E-state index in [1.165, 1.54) is 19.2 Å². The molecular formula is C21H30FN3O5. The van der Waals surface area contributed by atoms with Crippen LogP contribution >= 0.6 is 0 Å². The van der Waals surface area contributed by atoms with Gasteiger partial charge >= 0.3 is 12.1 Å². The second-order valence-electron chi connectivity index (χ2n) is 8.96. The van der Waals surface area contributed by atoms with Crippen LogP contribution in [-0.4, -0.2) is 74.6 Å². The van der Waals surface area contributed by atoms with Gasteiger partial charge in [0.05, 0.1) is 42.8 Å². The maximum absolute atomic E-state index is 14.9. The Morgan fingerprint density at radius 3 is 2.40 bits per heavy atom. The first kappa shape index (κ1) is 22.1. The van der Waals surface area contributed by atoms with E-state index in [1.54, 1.807) is 4.90 Å². The van der Waals surface area contributed by atoms with Crippen LogP contribution < -0.4 is 10.2 Å². The number of likely N-dealkylation sites (tertiary alicyclic amines) is 1. The summed E-state index contributed by atoms with van der Waals surface area (Å²) in [6, 6.07) is 2.83. The third-order valence-electron chi connectivity index (χ3n) is 5.01. The van der Waals surface area contributed by atoms with E-state index in [4.69, 9.17) is 14.2 Å². The normalized spacial score (nSPS) is 18.5. The SMILES string of the molecule is COC(=O)c1cc(N2CCOCC2)c(F)cc1NC1(C)CN(C(=O)OC(C)(C)C)C1. The summed E-state index contributed by atoms with van der Waals surface area (Å²) >= 11 is 0. The number of benzene rings is 1. The zero-order valence-electron chi connectivity index (χ0n) is 18.2. The number of halogens is 1. The number of nitrogens with one attached hydrogen (secondary N) is 1. The second-order valence-corrected chi connectivity index (χ2v) is 8.96. The molecule has 2 fully saturated rings. The molecule has 1 N–H and O–H groups in total. The van der Waals surface area contributed by atoms with Crippen molar-refractivity contribution in [3.63, 3.8) is 0 Å². The van der Waals surface area contributed by atoms with Crippen molar-refractivity contribution in [2.75, 3.05) is 56.7 Å². The number of nitrogens with zero attached hydrogens (tertiary/aromatic N) is 2. The van der Waals surface area contributed by atoms with Gasteiger partial charge in [0.25, 0.3) is 0 Å². The number of carbonyl (C=O) groups excluding carboxylic acids is 2. The second kappa shape index (κ2) is 8.29. The minimum absolute atomic E-state index is 0.248. The molecule has 0 unspecified atom stereocenters. The number of ether oxygens (including phenoxy) is 3. The Balaban J connectivity index is 1.77. The molecule has 8 nitrogen and oxygen atoms in total. The van der Waals surface area contributed by atoms with Crippen LogP contribution in [0.4, 0.5) is 20.6 Å². The first-order chi connectivity index (χ1) is 14.0. The molecule has 0 bridgehead atoms. The molecule has 1 amide bonds. The van der Waals surface area contributed by atoms with E-state index in [1.807, 2.05) is 32.6 Å². The topological polar surface area (TPSA) is 80.3 Å². The summed E-state index contributed by atoms with van der Waals surface area (Å²) in [6.45, 7) is 10.2. The highest BCUT2D eigenvalue weighted by molar-refractivity contribution is 5.97. The maximum atomic E-state index is 14.9. The third kappa shape index (κ3) is 4.95. The molecule has 3 rings (SSSR count). The standard InChI is InChI=1S/C21H30FN3O5/c1-20(2,3)30-19(27)25-12-21(4,13-25)23-16-11-15(22)17(10-14(16)18(26)28-5)24-6-8-29-9-7-24/h10-11,23H,6-9,12-13H2,1-5H3. The van der Waals surface area contributed by atoms with Crippen molar-refractivity contribution in [1.82, 2.24) is 4.90 Å². The number of amides is 1. The Morgan fingerprint density at radius 2 is 1.83 bits per heavy atom. The van der Waals surface area contributed by atoms with Crippen LogP contribution in [0.3, 0.4) is 0 Å². The van der Waals surface area contributed by atoms with Gasteiger partial charge in [-0.1, -0.05) is 0 Å². The van der Waals surface area contributed by atoms with E-state index < -0.39 is 29.0 Å². The number of carbonyl (C=O) groups is 2. The molecule has 0 spiro atoms. The van der Waals surface area contributed by atoms with Crippen molar-refractivity contribution in [1.29, 1.82) is 0 Å². The number of hydrogen-bond donors (Lipinski definition) is 1. The lowest BCUT2D eigenvalue weighted by Gasteiger charge is -2.48. The largest absolute Gasteiger partial charge is 0.465 e. The van der Waals surface area contributed by atoms with Gasteiger partial charge in [0.15, 0.2) is 0 Å². The van der Waals surface area contributed by atoms with Gasteiger partial charge in [-0.05, 0) is 33.8 Å². The lowest BCUT2D eigenvalue weighted by molar-refractivity contribution is -0.00129. The zero-order chi connectivity index (χ0) is 22.1. The van der Waals surface area contributed by atoms with Crippen LogP contribution in [0.25, 0.3) is 0 Å². The molecule has 0 radical (unpaired) electrons. The van der Waals surface area contributed by atoms with Crippen molar-refractivity contribution in [3.8, 4) is 0 Å². The molecule has 0 aliphatic carbocycles. The van der Waals surface area contributed by atoms with Gasteiger partial charge in [0, 0.05) is 32.2 Å². The molecule has 2 heterocycles. The molecule has 0 saturated carbocycles. The van der Waals surface area contributed by atoms with Crippen molar-refractivity contribution in [2.45, 2.75) is 38.8 Å². The summed E-state index contributed by atoms with van der Waals surface area (Å²) in [5, 5.41) is 3.22. The van der Waals surface area contributed by atoms with Gasteiger partial charge in [-0.25, -0.2) is 14.0 Å². The van der Waals surface area contributed by atoms with Crippen molar-refractivity contribution >= 4 is 23.4 Å². The van der Waals surface area contributed by atoms with Gasteiger partial charge in [-0.3, -0.25) is 0 Å². The predicted molar refractivity (Wildman–Crippen MR) is 111 cm³/mol. The van der Waals surface area contributed by atoms with Crippen molar-refractivity contribution in [2.24, 2.45) is 0 Å². The van der Waals surface area contributed by atoms with E-state index in [0.29, 0.717) is 50.8 Å². The highest BCUT2D eigenvalue weighted by Crippen LogP contribution is 2.33. The lowest BCUT2D eigenvalue weighted by atomic mass is 9.91. The quantitative estimate of drug-likeness (QED) is 0.746. The number of rotatable bonds is 4. The lowest BCUT2D eigenvalue weighted by Crippen LogP contribution is -2.66. The van der Waals surface area contributed by atoms with Crippen LogP contribution in [0, 0.1) is 5.82 Å². The first-order valence-electron chi connectivity index (χ1n) is 10.0. The van der Waals surface area contributed by atoms with E-state index in [9.17, 15) is 14.0 Å².